The molecule has 2 rings (SSSR count). The summed E-state index contributed by atoms with van der Waals surface area (Å²) in [5, 5.41) is 3.30. The van der Waals surface area contributed by atoms with Crippen LogP contribution in [0.4, 0.5) is 5.82 Å². The first-order valence-corrected chi connectivity index (χ1v) is 6.65. The van der Waals surface area contributed by atoms with Gasteiger partial charge in [0.15, 0.2) is 5.78 Å². The van der Waals surface area contributed by atoms with Gasteiger partial charge in [-0.3, -0.25) is 9.69 Å². The van der Waals surface area contributed by atoms with Gasteiger partial charge in [-0.1, -0.05) is 0 Å². The van der Waals surface area contributed by atoms with E-state index in [0.717, 1.165) is 31.7 Å². The second kappa shape index (κ2) is 5.27. The second-order valence-electron chi connectivity index (χ2n) is 5.57. The smallest absolute Gasteiger partial charge is 0.186 e. The number of hydrogen-bond acceptors (Lipinski definition) is 5. The van der Waals surface area contributed by atoms with Gasteiger partial charge < -0.3 is 11.1 Å². The molecule has 19 heavy (non-hydrogen) atoms. The van der Waals surface area contributed by atoms with Crippen molar-refractivity contribution in [1.29, 1.82) is 0 Å². The highest BCUT2D eigenvalue weighted by atomic mass is 16.1. The summed E-state index contributed by atoms with van der Waals surface area (Å²) in [7, 11) is 0. The number of piperazine rings is 1. The molecule has 104 valence electrons. The predicted octanol–water partition coefficient (Wildman–Crippen LogP) is 0.839. The third-order valence-corrected chi connectivity index (χ3v) is 3.76. The molecule has 0 bridgehead atoms. The molecule has 1 aromatic rings. The lowest BCUT2D eigenvalue weighted by Crippen LogP contribution is -2.57. The molecule has 1 fully saturated rings. The average molecular weight is 262 g/mol. The fourth-order valence-corrected chi connectivity index (χ4v) is 2.46. The number of carbonyl (C=O) groups excluding carboxylic acids is 1. The minimum atomic E-state index is -0.550. The Balaban J connectivity index is 2.28. The van der Waals surface area contributed by atoms with Crippen molar-refractivity contribution in [2.24, 2.45) is 0 Å². The first-order chi connectivity index (χ1) is 8.93. The third kappa shape index (κ3) is 2.77. The van der Waals surface area contributed by atoms with E-state index >= 15 is 0 Å². The van der Waals surface area contributed by atoms with Crippen LogP contribution in [0.5, 0.6) is 0 Å². The summed E-state index contributed by atoms with van der Waals surface area (Å²) in [5.74, 6) is 0.363. The monoisotopic (exact) mass is 262 g/mol. The molecule has 0 amide bonds. The van der Waals surface area contributed by atoms with Gasteiger partial charge in [0.25, 0.3) is 0 Å². The van der Waals surface area contributed by atoms with E-state index in [1.165, 1.54) is 0 Å². The van der Waals surface area contributed by atoms with E-state index < -0.39 is 5.54 Å². The van der Waals surface area contributed by atoms with Crippen molar-refractivity contribution in [3.8, 4) is 0 Å². The quantitative estimate of drug-likeness (QED) is 0.790. The lowest BCUT2D eigenvalue weighted by atomic mass is 9.90. The van der Waals surface area contributed by atoms with E-state index in [4.69, 9.17) is 5.73 Å². The lowest BCUT2D eigenvalue weighted by Gasteiger charge is -2.40. The van der Waals surface area contributed by atoms with Crippen LogP contribution in [0.25, 0.3) is 0 Å². The molecule has 1 aliphatic heterocycles. The summed E-state index contributed by atoms with van der Waals surface area (Å²) in [6.07, 6.45) is 1.68. The Hall–Kier alpha value is -1.46. The van der Waals surface area contributed by atoms with Gasteiger partial charge in [0.2, 0.25) is 0 Å². The first-order valence-electron chi connectivity index (χ1n) is 6.65. The van der Waals surface area contributed by atoms with Gasteiger partial charge in [0, 0.05) is 32.4 Å². The van der Waals surface area contributed by atoms with Gasteiger partial charge in [-0.05, 0) is 32.4 Å². The van der Waals surface area contributed by atoms with E-state index in [-0.39, 0.29) is 5.78 Å². The van der Waals surface area contributed by atoms with Crippen LogP contribution in [0.1, 0.15) is 29.8 Å². The molecule has 2 heterocycles. The zero-order valence-corrected chi connectivity index (χ0v) is 11.9. The van der Waals surface area contributed by atoms with Crippen LogP contribution >= 0.6 is 0 Å². The van der Waals surface area contributed by atoms with Crippen LogP contribution in [-0.4, -0.2) is 47.4 Å². The van der Waals surface area contributed by atoms with Crippen molar-refractivity contribution >= 4 is 11.6 Å². The molecule has 1 aromatic heterocycles. The van der Waals surface area contributed by atoms with Crippen molar-refractivity contribution in [3.63, 3.8) is 0 Å². The normalized spacial score (nSPS) is 17.4. The number of Topliss-reactive ketones (excluding diaryl/α,β-unsaturated/α-hetero) is 1. The Morgan fingerprint density at radius 3 is 2.68 bits per heavy atom. The Kier molecular flexibility index (Phi) is 3.87. The third-order valence-electron chi connectivity index (χ3n) is 3.76. The number of carbonyl (C=O) groups is 1. The maximum absolute atomic E-state index is 12.8. The summed E-state index contributed by atoms with van der Waals surface area (Å²) in [4.78, 5) is 19.0. The molecule has 0 radical (unpaired) electrons. The molecule has 5 heteroatoms. The fourth-order valence-electron chi connectivity index (χ4n) is 2.46. The Bertz CT molecular complexity index is 478. The Morgan fingerprint density at radius 2 is 2.05 bits per heavy atom. The largest absolute Gasteiger partial charge is 0.383 e. The highest BCUT2D eigenvalue weighted by molar-refractivity contribution is 6.06. The maximum atomic E-state index is 12.8. The molecule has 1 aliphatic rings. The molecule has 5 nitrogen and oxygen atoms in total. The molecular formula is C14H22N4O. The number of rotatable bonds is 3. The summed E-state index contributed by atoms with van der Waals surface area (Å²) in [6.45, 7) is 9.41. The predicted molar refractivity (Wildman–Crippen MR) is 76.2 cm³/mol. The van der Waals surface area contributed by atoms with Crippen molar-refractivity contribution < 1.29 is 4.79 Å². The molecular weight excluding hydrogens is 240 g/mol. The van der Waals surface area contributed by atoms with Crippen LogP contribution in [0.3, 0.4) is 0 Å². The van der Waals surface area contributed by atoms with E-state index in [9.17, 15) is 4.79 Å². The summed E-state index contributed by atoms with van der Waals surface area (Å²) >= 11 is 0. The van der Waals surface area contributed by atoms with Crippen LogP contribution < -0.4 is 11.1 Å². The molecule has 0 atom stereocenters. The highest BCUT2D eigenvalue weighted by Gasteiger charge is 2.36. The molecule has 0 aromatic carbocycles. The van der Waals surface area contributed by atoms with Gasteiger partial charge >= 0.3 is 0 Å². The number of nitrogens with one attached hydrogen (secondary N) is 1. The van der Waals surface area contributed by atoms with Crippen LogP contribution in [0, 0.1) is 6.92 Å². The van der Waals surface area contributed by atoms with Gasteiger partial charge in [-0.15, -0.1) is 0 Å². The molecule has 1 saturated heterocycles. The number of nitrogens with two attached hydrogens (primary N) is 1. The maximum Gasteiger partial charge on any atom is 0.186 e. The van der Waals surface area contributed by atoms with Crippen molar-refractivity contribution in [3.05, 3.63) is 23.4 Å². The zero-order chi connectivity index (χ0) is 14.0. The average Bonchev–Trinajstić information content (AvgIpc) is 2.41. The van der Waals surface area contributed by atoms with Crippen LogP contribution in [0.2, 0.25) is 0 Å². The van der Waals surface area contributed by atoms with Crippen molar-refractivity contribution in [2.75, 3.05) is 31.9 Å². The number of nitrogens with zero attached hydrogens (tertiary/aromatic N) is 2. The summed E-state index contributed by atoms with van der Waals surface area (Å²) in [5.41, 5.74) is 6.79. The number of pyridine rings is 1. The number of hydrogen-bond donors (Lipinski definition) is 2. The van der Waals surface area contributed by atoms with Gasteiger partial charge in [-0.25, -0.2) is 4.98 Å². The number of aromatic nitrogens is 1. The molecule has 3 N–H and O–H groups in total. The minimum absolute atomic E-state index is 0.0445. The van der Waals surface area contributed by atoms with Crippen LogP contribution in [0.15, 0.2) is 12.3 Å². The number of aryl methyl sites for hydroxylation is 1. The topological polar surface area (TPSA) is 71.2 Å². The molecule has 0 spiro atoms. The Labute approximate surface area is 114 Å². The number of nitrogen functional groups attached to an aromatic ring is 1. The van der Waals surface area contributed by atoms with Crippen molar-refractivity contribution in [2.45, 2.75) is 26.3 Å². The lowest BCUT2D eigenvalue weighted by molar-refractivity contribution is 0.0603. The van der Waals surface area contributed by atoms with E-state index in [1.807, 2.05) is 26.8 Å². The van der Waals surface area contributed by atoms with E-state index in [1.54, 1.807) is 6.20 Å². The van der Waals surface area contributed by atoms with E-state index in [2.05, 4.69) is 15.2 Å². The standard InChI is InChI=1S/C14H22N4O/c1-10-8-11(13(15)17-9-10)12(19)14(2,3)18-6-4-16-5-7-18/h8-9,16H,4-7H2,1-3H3,(H2,15,17). The minimum Gasteiger partial charge on any atom is -0.383 e. The zero-order valence-electron chi connectivity index (χ0n) is 11.9. The number of anilines is 1. The molecule has 0 aliphatic carbocycles. The highest BCUT2D eigenvalue weighted by Crippen LogP contribution is 2.24. The number of ketones is 1. The Morgan fingerprint density at radius 1 is 1.42 bits per heavy atom. The van der Waals surface area contributed by atoms with Gasteiger partial charge in [-0.2, -0.15) is 0 Å². The molecule has 0 saturated carbocycles. The van der Waals surface area contributed by atoms with E-state index in [0.29, 0.717) is 11.4 Å². The van der Waals surface area contributed by atoms with Gasteiger partial charge in [0.1, 0.15) is 5.82 Å². The van der Waals surface area contributed by atoms with Crippen molar-refractivity contribution in [1.82, 2.24) is 15.2 Å². The fraction of sp³-hybridized carbons (Fsp3) is 0.571. The second-order valence-corrected chi connectivity index (χ2v) is 5.57. The first kappa shape index (κ1) is 14.0. The van der Waals surface area contributed by atoms with Crippen LogP contribution in [-0.2, 0) is 0 Å². The SMILES string of the molecule is Cc1cnc(N)c(C(=O)C(C)(C)N2CCNCC2)c1. The summed E-state index contributed by atoms with van der Waals surface area (Å²) in [6, 6.07) is 1.83. The molecule has 0 unspecified atom stereocenters. The van der Waals surface area contributed by atoms with Gasteiger partial charge in [0.05, 0.1) is 11.1 Å². The summed E-state index contributed by atoms with van der Waals surface area (Å²) < 4.78 is 0.